The first-order valence-corrected chi connectivity index (χ1v) is 6.95. The Labute approximate surface area is 129 Å². The van der Waals surface area contributed by atoms with Crippen LogP contribution in [0.15, 0.2) is 18.3 Å². The van der Waals surface area contributed by atoms with Crippen LogP contribution in [-0.2, 0) is 13.1 Å². The Hall–Kier alpha value is -2.39. The smallest absolute Gasteiger partial charge is 0.275 e. The van der Waals surface area contributed by atoms with Crippen LogP contribution in [0.5, 0.6) is 0 Å². The van der Waals surface area contributed by atoms with E-state index in [1.165, 1.54) is 4.90 Å². The lowest BCUT2D eigenvalue weighted by Crippen LogP contribution is -2.39. The van der Waals surface area contributed by atoms with E-state index < -0.39 is 35.9 Å². The Bertz CT molecular complexity index is 750. The van der Waals surface area contributed by atoms with E-state index in [0.29, 0.717) is 24.0 Å². The van der Waals surface area contributed by atoms with Crippen LogP contribution in [0.1, 0.15) is 28.0 Å². The molecule has 0 saturated heterocycles. The quantitative estimate of drug-likeness (QED) is 0.844. The zero-order chi connectivity index (χ0) is 16.6. The molecule has 1 amide bonds. The molecule has 23 heavy (non-hydrogen) atoms. The number of pyridine rings is 1. The highest BCUT2D eigenvalue weighted by Crippen LogP contribution is 2.20. The van der Waals surface area contributed by atoms with Crippen LogP contribution in [0.2, 0.25) is 0 Å². The Balaban J connectivity index is 1.81. The fourth-order valence-electron chi connectivity index (χ4n) is 2.44. The van der Waals surface area contributed by atoms with E-state index in [9.17, 15) is 18.7 Å². The van der Waals surface area contributed by atoms with Gasteiger partial charge in [0.1, 0.15) is 11.9 Å². The Morgan fingerprint density at radius 1 is 1.35 bits per heavy atom. The fourth-order valence-corrected chi connectivity index (χ4v) is 2.44. The highest BCUT2D eigenvalue weighted by Gasteiger charge is 2.27. The predicted molar refractivity (Wildman–Crippen MR) is 73.2 cm³/mol. The van der Waals surface area contributed by atoms with Gasteiger partial charge in [-0.25, -0.2) is 13.8 Å². The summed E-state index contributed by atoms with van der Waals surface area (Å²) in [5.41, 5.74) is 0.521. The number of amides is 1. The van der Waals surface area contributed by atoms with Gasteiger partial charge in [0.15, 0.2) is 11.5 Å². The Morgan fingerprint density at radius 3 is 2.83 bits per heavy atom. The maximum Gasteiger partial charge on any atom is 0.275 e. The number of nitrogens with zero attached hydrogens (tertiary/aromatic N) is 4. The van der Waals surface area contributed by atoms with Crippen molar-refractivity contribution < 1.29 is 23.8 Å². The first kappa shape index (κ1) is 15.5. The molecule has 0 fully saturated rings. The summed E-state index contributed by atoms with van der Waals surface area (Å²) in [5.74, 6) is -2.50. The third-order valence-electron chi connectivity index (χ3n) is 3.63. The van der Waals surface area contributed by atoms with E-state index in [2.05, 4.69) is 10.1 Å². The van der Waals surface area contributed by atoms with Gasteiger partial charge in [0.2, 0.25) is 0 Å². The fraction of sp³-hybridized carbons (Fsp3) is 0.357. The number of fused-ring (bicyclic) bond motifs is 1. The van der Waals surface area contributed by atoms with E-state index in [-0.39, 0.29) is 13.1 Å². The van der Waals surface area contributed by atoms with Crippen LogP contribution < -0.4 is 0 Å². The average Bonchev–Trinajstić information content (AvgIpc) is 2.96. The second kappa shape index (κ2) is 6.01. The monoisotopic (exact) mass is 324 g/mol. The van der Waals surface area contributed by atoms with Gasteiger partial charge in [-0.15, -0.1) is 0 Å². The van der Waals surface area contributed by atoms with Gasteiger partial charge in [-0.2, -0.15) is 5.10 Å². The SMILES string of the molecule is O=C(c1ncc(F)cc1F)N1CCn2nc([C@@H](O)CO)cc2C1. The molecule has 0 unspecified atom stereocenters. The van der Waals surface area contributed by atoms with E-state index in [0.717, 1.165) is 6.20 Å². The highest BCUT2D eigenvalue weighted by atomic mass is 19.1. The van der Waals surface area contributed by atoms with E-state index >= 15 is 0 Å². The van der Waals surface area contributed by atoms with Gasteiger partial charge in [0, 0.05) is 12.6 Å². The van der Waals surface area contributed by atoms with Crippen molar-refractivity contribution in [1.29, 1.82) is 0 Å². The Kier molecular flexibility index (Phi) is 4.05. The van der Waals surface area contributed by atoms with Gasteiger partial charge in [0.05, 0.1) is 37.3 Å². The molecule has 0 aromatic carbocycles. The molecule has 2 aromatic rings. The summed E-state index contributed by atoms with van der Waals surface area (Å²) in [7, 11) is 0. The minimum atomic E-state index is -1.09. The summed E-state index contributed by atoms with van der Waals surface area (Å²) >= 11 is 0. The van der Waals surface area contributed by atoms with Crippen molar-refractivity contribution in [2.75, 3.05) is 13.2 Å². The van der Waals surface area contributed by atoms with Crippen molar-refractivity contribution in [3.8, 4) is 0 Å². The van der Waals surface area contributed by atoms with Crippen molar-refractivity contribution in [3.05, 3.63) is 47.0 Å². The first-order valence-electron chi connectivity index (χ1n) is 6.95. The molecular formula is C14H14F2N4O3. The van der Waals surface area contributed by atoms with Gasteiger partial charge < -0.3 is 15.1 Å². The van der Waals surface area contributed by atoms with Crippen LogP contribution in [0.3, 0.4) is 0 Å². The number of aliphatic hydroxyl groups is 2. The molecule has 0 bridgehead atoms. The van der Waals surface area contributed by atoms with Gasteiger partial charge in [-0.3, -0.25) is 9.48 Å². The van der Waals surface area contributed by atoms with Crippen LogP contribution >= 0.6 is 0 Å². The second-order valence-electron chi connectivity index (χ2n) is 5.19. The van der Waals surface area contributed by atoms with Gasteiger partial charge in [-0.05, 0) is 6.07 Å². The van der Waals surface area contributed by atoms with Crippen LogP contribution in [0, 0.1) is 11.6 Å². The molecule has 0 saturated carbocycles. The van der Waals surface area contributed by atoms with Gasteiger partial charge in [-0.1, -0.05) is 0 Å². The predicted octanol–water partition coefficient (Wildman–Crippen LogP) is 0.238. The minimum Gasteiger partial charge on any atom is -0.393 e. The third-order valence-corrected chi connectivity index (χ3v) is 3.63. The summed E-state index contributed by atoms with van der Waals surface area (Å²) in [6.45, 7) is 0.342. The first-order chi connectivity index (χ1) is 11.0. The largest absolute Gasteiger partial charge is 0.393 e. The Morgan fingerprint density at radius 2 is 2.13 bits per heavy atom. The molecule has 122 valence electrons. The highest BCUT2D eigenvalue weighted by molar-refractivity contribution is 5.92. The standard InChI is InChI=1S/C14H14F2N4O3/c15-8-3-10(16)13(17-5-8)14(23)19-1-2-20-9(6-19)4-11(18-20)12(22)7-21/h3-5,12,21-22H,1-2,6-7H2/t12-/m0/s1. The maximum absolute atomic E-state index is 13.7. The second-order valence-corrected chi connectivity index (χ2v) is 5.19. The van der Waals surface area contributed by atoms with Crippen LogP contribution in [0.25, 0.3) is 0 Å². The van der Waals surface area contributed by atoms with E-state index in [1.807, 2.05) is 0 Å². The van der Waals surface area contributed by atoms with Gasteiger partial charge in [0.25, 0.3) is 5.91 Å². The average molecular weight is 324 g/mol. The molecule has 0 radical (unpaired) electrons. The summed E-state index contributed by atoms with van der Waals surface area (Å²) in [5, 5.41) is 22.7. The number of rotatable bonds is 3. The number of carbonyl (C=O) groups excluding carboxylic acids is 1. The lowest BCUT2D eigenvalue weighted by atomic mass is 10.2. The molecule has 1 aliphatic rings. The summed E-state index contributed by atoms with van der Waals surface area (Å²) in [6.07, 6.45) is -0.298. The lowest BCUT2D eigenvalue weighted by molar-refractivity contribution is 0.0693. The van der Waals surface area contributed by atoms with Crippen molar-refractivity contribution in [1.82, 2.24) is 19.7 Å². The zero-order valence-electron chi connectivity index (χ0n) is 12.0. The van der Waals surface area contributed by atoms with Crippen LogP contribution in [-0.4, -0.2) is 48.9 Å². The molecule has 3 heterocycles. The molecule has 3 rings (SSSR count). The molecule has 1 atom stereocenters. The molecule has 2 aromatic heterocycles. The maximum atomic E-state index is 13.7. The number of hydrogen-bond acceptors (Lipinski definition) is 5. The van der Waals surface area contributed by atoms with Gasteiger partial charge >= 0.3 is 0 Å². The topological polar surface area (TPSA) is 91.5 Å². The number of aliphatic hydroxyl groups excluding tert-OH is 2. The zero-order valence-corrected chi connectivity index (χ0v) is 12.0. The molecule has 0 spiro atoms. The summed E-state index contributed by atoms with van der Waals surface area (Å²) < 4.78 is 28.2. The normalized spacial score (nSPS) is 15.4. The molecule has 1 aliphatic heterocycles. The van der Waals surface area contributed by atoms with Crippen molar-refractivity contribution in [3.63, 3.8) is 0 Å². The lowest BCUT2D eigenvalue weighted by Gasteiger charge is -2.27. The number of hydrogen-bond donors (Lipinski definition) is 2. The minimum absolute atomic E-state index is 0.155. The molecule has 9 heteroatoms. The van der Waals surface area contributed by atoms with Crippen molar-refractivity contribution in [2.45, 2.75) is 19.2 Å². The van der Waals surface area contributed by atoms with Crippen LogP contribution in [0.4, 0.5) is 8.78 Å². The van der Waals surface area contributed by atoms with E-state index in [4.69, 9.17) is 5.11 Å². The van der Waals surface area contributed by atoms with E-state index in [1.54, 1.807) is 10.7 Å². The molecule has 0 aliphatic carbocycles. The summed E-state index contributed by atoms with van der Waals surface area (Å²) in [4.78, 5) is 17.2. The number of carbonyl (C=O) groups is 1. The number of aromatic nitrogens is 3. The third kappa shape index (κ3) is 2.92. The number of halogens is 2. The van der Waals surface area contributed by atoms with Crippen molar-refractivity contribution in [2.24, 2.45) is 0 Å². The summed E-state index contributed by atoms with van der Waals surface area (Å²) in [6, 6.07) is 2.19. The van der Waals surface area contributed by atoms with Crippen molar-refractivity contribution >= 4 is 5.91 Å². The molecule has 2 N–H and O–H groups in total. The molecular weight excluding hydrogens is 310 g/mol. The molecule has 7 nitrogen and oxygen atoms in total.